The van der Waals surface area contributed by atoms with E-state index >= 15 is 0 Å². The number of carbonyl (C=O) groups is 1. The topological polar surface area (TPSA) is 66.5 Å². The first-order chi connectivity index (χ1) is 12.9. The fourth-order valence-electron chi connectivity index (χ4n) is 2.99. The zero-order valence-corrected chi connectivity index (χ0v) is 16.6. The Labute approximate surface area is 164 Å². The maximum atomic E-state index is 12.8. The van der Waals surface area contributed by atoms with Crippen molar-refractivity contribution in [3.63, 3.8) is 0 Å². The number of amides is 1. The third-order valence-electron chi connectivity index (χ3n) is 4.45. The number of aryl methyl sites for hydroxylation is 1. The van der Waals surface area contributed by atoms with Crippen molar-refractivity contribution >= 4 is 39.3 Å². The van der Waals surface area contributed by atoms with Crippen LogP contribution in [0.4, 0.5) is 5.69 Å². The SMILES string of the molecule is Cc1cccc(C(=O)N2CCCC2)c1NS(=O)(=O)/C=C/c1ccc(Cl)cc1. The molecule has 2 aromatic carbocycles. The summed E-state index contributed by atoms with van der Waals surface area (Å²) in [4.78, 5) is 14.5. The number of carbonyl (C=O) groups excluding carboxylic acids is 1. The van der Waals surface area contributed by atoms with E-state index in [-0.39, 0.29) is 5.91 Å². The summed E-state index contributed by atoms with van der Waals surface area (Å²) in [5.74, 6) is -0.143. The van der Waals surface area contributed by atoms with Crippen molar-refractivity contribution < 1.29 is 13.2 Å². The fourth-order valence-corrected chi connectivity index (χ4v) is 4.08. The fraction of sp³-hybridized carbons (Fsp3) is 0.250. The van der Waals surface area contributed by atoms with Gasteiger partial charge in [0.15, 0.2) is 0 Å². The van der Waals surface area contributed by atoms with Crippen LogP contribution in [0.3, 0.4) is 0 Å². The van der Waals surface area contributed by atoms with Crippen molar-refractivity contribution in [1.29, 1.82) is 0 Å². The number of anilines is 1. The maximum Gasteiger partial charge on any atom is 0.255 e. The lowest BCUT2D eigenvalue weighted by Crippen LogP contribution is -2.29. The molecule has 2 aromatic rings. The Kier molecular flexibility index (Phi) is 5.87. The quantitative estimate of drug-likeness (QED) is 0.807. The number of nitrogens with one attached hydrogen (secondary N) is 1. The van der Waals surface area contributed by atoms with Crippen molar-refractivity contribution in [1.82, 2.24) is 4.90 Å². The minimum Gasteiger partial charge on any atom is -0.339 e. The van der Waals surface area contributed by atoms with Gasteiger partial charge < -0.3 is 4.90 Å². The molecule has 1 aliphatic rings. The monoisotopic (exact) mass is 404 g/mol. The zero-order chi connectivity index (χ0) is 19.4. The van der Waals surface area contributed by atoms with Crippen LogP contribution in [0.5, 0.6) is 0 Å². The highest BCUT2D eigenvalue weighted by molar-refractivity contribution is 7.95. The third kappa shape index (κ3) is 4.90. The summed E-state index contributed by atoms with van der Waals surface area (Å²) >= 11 is 5.84. The molecule has 5 nitrogen and oxygen atoms in total. The molecule has 1 saturated heterocycles. The van der Waals surface area contributed by atoms with E-state index in [1.54, 1.807) is 54.3 Å². The Morgan fingerprint density at radius 3 is 2.44 bits per heavy atom. The van der Waals surface area contributed by atoms with Crippen LogP contribution in [0.15, 0.2) is 47.9 Å². The largest absolute Gasteiger partial charge is 0.339 e. The van der Waals surface area contributed by atoms with E-state index in [9.17, 15) is 13.2 Å². The maximum absolute atomic E-state index is 12.8. The normalized spacial score (nSPS) is 14.7. The Morgan fingerprint density at radius 1 is 1.11 bits per heavy atom. The van der Waals surface area contributed by atoms with Crippen molar-refractivity contribution in [2.75, 3.05) is 17.8 Å². The van der Waals surface area contributed by atoms with Crippen molar-refractivity contribution in [3.8, 4) is 0 Å². The molecule has 1 amide bonds. The molecule has 0 bridgehead atoms. The summed E-state index contributed by atoms with van der Waals surface area (Å²) in [6.45, 7) is 3.19. The van der Waals surface area contributed by atoms with Crippen LogP contribution >= 0.6 is 11.6 Å². The molecule has 0 aliphatic carbocycles. The Bertz CT molecular complexity index is 963. The molecular formula is C20H21ClN2O3S. The zero-order valence-electron chi connectivity index (χ0n) is 15.0. The molecule has 0 spiro atoms. The summed E-state index contributed by atoms with van der Waals surface area (Å²) in [5, 5.41) is 1.67. The molecule has 1 aliphatic heterocycles. The number of nitrogens with zero attached hydrogens (tertiary/aromatic N) is 1. The van der Waals surface area contributed by atoms with Gasteiger partial charge in [-0.1, -0.05) is 35.9 Å². The second-order valence-corrected chi connectivity index (χ2v) is 8.50. The van der Waals surface area contributed by atoms with E-state index in [4.69, 9.17) is 11.6 Å². The summed E-state index contributed by atoms with van der Waals surface area (Å²) < 4.78 is 27.6. The van der Waals surface area contributed by atoms with E-state index in [1.807, 2.05) is 0 Å². The minimum absolute atomic E-state index is 0.143. The highest BCUT2D eigenvalue weighted by Crippen LogP contribution is 2.25. The van der Waals surface area contributed by atoms with Gasteiger partial charge in [0, 0.05) is 18.1 Å². The average Bonchev–Trinajstić information content (AvgIpc) is 3.17. The smallest absolute Gasteiger partial charge is 0.255 e. The second kappa shape index (κ2) is 8.15. The Morgan fingerprint density at radius 2 is 1.78 bits per heavy atom. The van der Waals surface area contributed by atoms with Crippen molar-refractivity contribution in [2.24, 2.45) is 0 Å². The first-order valence-electron chi connectivity index (χ1n) is 8.71. The Balaban J connectivity index is 1.85. The summed E-state index contributed by atoms with van der Waals surface area (Å²) in [6.07, 6.45) is 3.43. The molecule has 1 fully saturated rings. The molecule has 0 radical (unpaired) electrons. The van der Waals surface area contributed by atoms with Gasteiger partial charge in [0.1, 0.15) is 0 Å². The van der Waals surface area contributed by atoms with Gasteiger partial charge >= 0.3 is 0 Å². The van der Waals surface area contributed by atoms with Gasteiger partial charge in [-0.05, 0) is 55.2 Å². The van der Waals surface area contributed by atoms with Gasteiger partial charge in [-0.15, -0.1) is 0 Å². The first-order valence-corrected chi connectivity index (χ1v) is 10.6. The molecule has 27 heavy (non-hydrogen) atoms. The van der Waals surface area contributed by atoms with Crippen molar-refractivity contribution in [2.45, 2.75) is 19.8 Å². The predicted molar refractivity (Wildman–Crippen MR) is 109 cm³/mol. The number of hydrogen-bond donors (Lipinski definition) is 1. The number of hydrogen-bond acceptors (Lipinski definition) is 3. The molecule has 1 N–H and O–H groups in total. The lowest BCUT2D eigenvalue weighted by molar-refractivity contribution is 0.0794. The number of para-hydroxylation sites is 1. The van der Waals surface area contributed by atoms with E-state index in [2.05, 4.69) is 4.72 Å². The second-order valence-electron chi connectivity index (χ2n) is 6.50. The van der Waals surface area contributed by atoms with E-state index < -0.39 is 10.0 Å². The van der Waals surface area contributed by atoms with E-state index in [0.29, 0.717) is 40.5 Å². The molecule has 0 unspecified atom stereocenters. The van der Waals surface area contributed by atoms with Crippen LogP contribution in [0.2, 0.25) is 5.02 Å². The van der Waals surface area contributed by atoms with Crippen LogP contribution in [0, 0.1) is 6.92 Å². The summed E-state index contributed by atoms with van der Waals surface area (Å²) in [5.41, 5.74) is 2.11. The van der Waals surface area contributed by atoms with Crippen LogP contribution < -0.4 is 4.72 Å². The van der Waals surface area contributed by atoms with Crippen LogP contribution in [-0.4, -0.2) is 32.3 Å². The average molecular weight is 405 g/mol. The van der Waals surface area contributed by atoms with Crippen LogP contribution in [0.1, 0.15) is 34.3 Å². The molecular weight excluding hydrogens is 384 g/mol. The van der Waals surface area contributed by atoms with Gasteiger partial charge in [0.05, 0.1) is 16.7 Å². The first kappa shape index (κ1) is 19.5. The van der Waals surface area contributed by atoms with Gasteiger partial charge in [0.2, 0.25) is 0 Å². The molecule has 3 rings (SSSR count). The number of sulfonamides is 1. The van der Waals surface area contributed by atoms with E-state index in [1.165, 1.54) is 6.08 Å². The lowest BCUT2D eigenvalue weighted by atomic mass is 10.1. The molecule has 0 saturated carbocycles. The predicted octanol–water partition coefficient (Wildman–Crippen LogP) is 4.30. The Hall–Kier alpha value is -2.31. The van der Waals surface area contributed by atoms with E-state index in [0.717, 1.165) is 18.2 Å². The summed E-state index contributed by atoms with van der Waals surface area (Å²) in [7, 11) is -3.78. The van der Waals surface area contributed by atoms with Crippen LogP contribution in [0.25, 0.3) is 6.08 Å². The molecule has 0 aromatic heterocycles. The van der Waals surface area contributed by atoms with Gasteiger partial charge in [-0.2, -0.15) is 0 Å². The van der Waals surface area contributed by atoms with Gasteiger partial charge in [-0.3, -0.25) is 9.52 Å². The number of benzene rings is 2. The highest BCUT2D eigenvalue weighted by atomic mass is 35.5. The third-order valence-corrected chi connectivity index (χ3v) is 5.69. The number of halogens is 1. The molecule has 1 heterocycles. The minimum atomic E-state index is -3.78. The molecule has 7 heteroatoms. The number of rotatable bonds is 5. The number of likely N-dealkylation sites (tertiary alicyclic amines) is 1. The van der Waals surface area contributed by atoms with Crippen molar-refractivity contribution in [3.05, 3.63) is 69.6 Å². The molecule has 142 valence electrons. The summed E-state index contributed by atoms with van der Waals surface area (Å²) in [6, 6.07) is 12.0. The van der Waals surface area contributed by atoms with Gasteiger partial charge in [0.25, 0.3) is 15.9 Å². The highest BCUT2D eigenvalue weighted by Gasteiger charge is 2.23. The molecule has 0 atom stereocenters. The van der Waals surface area contributed by atoms with Crippen LogP contribution in [-0.2, 0) is 10.0 Å². The van der Waals surface area contributed by atoms with Gasteiger partial charge in [-0.25, -0.2) is 8.42 Å². The lowest BCUT2D eigenvalue weighted by Gasteiger charge is -2.19. The standard InChI is InChI=1S/C20H21ClN2O3S/c1-15-5-4-6-18(20(24)23-12-2-3-13-23)19(15)22-27(25,26)14-11-16-7-9-17(21)10-8-16/h4-11,14,22H,2-3,12-13H2,1H3/b14-11+.